The van der Waals surface area contributed by atoms with Crippen molar-refractivity contribution in [2.45, 2.75) is 65.7 Å². The molecule has 7 nitrogen and oxygen atoms in total. The second kappa shape index (κ2) is 10.7. The van der Waals surface area contributed by atoms with E-state index in [9.17, 15) is 14.0 Å². The van der Waals surface area contributed by atoms with Crippen LogP contribution < -0.4 is 15.5 Å². The first-order valence-corrected chi connectivity index (χ1v) is 15.4. The molecule has 0 aliphatic carbocycles. The van der Waals surface area contributed by atoms with Gasteiger partial charge in [-0.15, -0.1) is 0 Å². The van der Waals surface area contributed by atoms with E-state index in [1.807, 2.05) is 19.1 Å². The molecule has 0 spiro atoms. The first-order valence-electron chi connectivity index (χ1n) is 12.4. The number of nitrogens with zero attached hydrogens (tertiary/aromatic N) is 2. The normalized spacial score (nSPS) is 18.0. The lowest BCUT2D eigenvalue weighted by Gasteiger charge is -2.39. The van der Waals surface area contributed by atoms with E-state index < -0.39 is 8.32 Å². The van der Waals surface area contributed by atoms with Gasteiger partial charge in [0, 0.05) is 31.3 Å². The van der Waals surface area contributed by atoms with Gasteiger partial charge in [-0.1, -0.05) is 27.7 Å². The van der Waals surface area contributed by atoms with E-state index in [2.05, 4.69) is 49.5 Å². The summed E-state index contributed by atoms with van der Waals surface area (Å²) in [6.45, 7) is 17.5. The summed E-state index contributed by atoms with van der Waals surface area (Å²) >= 11 is 0. The van der Waals surface area contributed by atoms with Crippen molar-refractivity contribution in [2.75, 3.05) is 29.9 Å². The van der Waals surface area contributed by atoms with Crippen LogP contribution >= 0.6 is 0 Å². The molecule has 196 valence electrons. The predicted octanol–water partition coefficient (Wildman–Crippen LogP) is 5.44. The summed E-state index contributed by atoms with van der Waals surface area (Å²) < 4.78 is 19.9. The molecule has 0 bridgehead atoms. The van der Waals surface area contributed by atoms with Crippen molar-refractivity contribution in [1.29, 1.82) is 0 Å². The monoisotopic (exact) mass is 514 g/mol. The van der Waals surface area contributed by atoms with Crippen molar-refractivity contribution in [3.8, 4) is 0 Å². The maximum atomic E-state index is 13.7. The van der Waals surface area contributed by atoms with E-state index in [-0.39, 0.29) is 34.6 Å². The van der Waals surface area contributed by atoms with Gasteiger partial charge < -0.3 is 20.0 Å². The molecule has 1 aromatic carbocycles. The van der Waals surface area contributed by atoms with Crippen LogP contribution in [0.3, 0.4) is 0 Å². The summed E-state index contributed by atoms with van der Waals surface area (Å²) in [5.74, 6) is -0.0385. The lowest BCUT2D eigenvalue weighted by atomic mass is 9.87. The smallest absolute Gasteiger partial charge is 0.251 e. The minimum atomic E-state index is -1.88. The highest BCUT2D eigenvalue weighted by Gasteiger charge is 2.37. The van der Waals surface area contributed by atoms with Gasteiger partial charge in [-0.2, -0.15) is 0 Å². The number of pyridine rings is 1. The van der Waals surface area contributed by atoms with Crippen LogP contribution in [-0.2, 0) is 9.22 Å². The molecule has 2 aromatic rings. The summed E-state index contributed by atoms with van der Waals surface area (Å²) in [5.41, 5.74) is 2.41. The molecular weight excluding hydrogens is 475 g/mol. The molecule has 1 aliphatic rings. The molecule has 2 atom stereocenters. The van der Waals surface area contributed by atoms with Gasteiger partial charge in [0.1, 0.15) is 11.6 Å². The van der Waals surface area contributed by atoms with E-state index >= 15 is 0 Å². The molecule has 2 N–H and O–H groups in total. The molecule has 2 heterocycles. The van der Waals surface area contributed by atoms with Gasteiger partial charge >= 0.3 is 0 Å². The number of benzene rings is 1. The van der Waals surface area contributed by atoms with E-state index in [0.29, 0.717) is 36.8 Å². The molecule has 1 aliphatic heterocycles. The Bertz CT molecular complexity index is 1130. The molecule has 2 unspecified atom stereocenters. The second-order valence-electron chi connectivity index (χ2n) is 11.1. The van der Waals surface area contributed by atoms with E-state index in [1.54, 1.807) is 24.0 Å². The van der Waals surface area contributed by atoms with Crippen LogP contribution in [0.25, 0.3) is 0 Å². The first-order chi connectivity index (χ1) is 16.7. The Kier molecular flexibility index (Phi) is 8.25. The molecule has 0 saturated heterocycles. The van der Waals surface area contributed by atoms with Gasteiger partial charge in [0.25, 0.3) is 5.91 Å². The van der Waals surface area contributed by atoms with E-state index in [1.165, 1.54) is 13.0 Å². The highest BCUT2D eigenvalue weighted by molar-refractivity contribution is 6.74. The number of amides is 2. The Labute approximate surface area is 215 Å². The number of anilines is 2. The minimum Gasteiger partial charge on any atom is -0.415 e. The fourth-order valence-corrected chi connectivity index (χ4v) is 5.13. The van der Waals surface area contributed by atoms with Crippen molar-refractivity contribution in [1.82, 2.24) is 10.3 Å². The van der Waals surface area contributed by atoms with Crippen LogP contribution in [0.1, 0.15) is 62.3 Å². The van der Waals surface area contributed by atoms with Crippen molar-refractivity contribution >= 4 is 31.6 Å². The zero-order valence-electron chi connectivity index (χ0n) is 22.7. The van der Waals surface area contributed by atoms with Crippen LogP contribution in [0.15, 0.2) is 30.3 Å². The molecule has 1 aromatic heterocycles. The second-order valence-corrected chi connectivity index (χ2v) is 15.9. The van der Waals surface area contributed by atoms with Crippen LogP contribution in [0.2, 0.25) is 18.1 Å². The molecule has 0 saturated carbocycles. The number of carbonyl (C=O) groups is 2. The zero-order chi connectivity index (χ0) is 26.8. The third-order valence-electron chi connectivity index (χ3n) is 7.32. The third-order valence-corrected chi connectivity index (χ3v) is 11.9. The lowest BCUT2D eigenvalue weighted by molar-refractivity contribution is -0.116. The Morgan fingerprint density at radius 1 is 1.22 bits per heavy atom. The maximum Gasteiger partial charge on any atom is 0.251 e. The van der Waals surface area contributed by atoms with Gasteiger partial charge in [-0.3, -0.25) is 9.59 Å². The van der Waals surface area contributed by atoms with Crippen LogP contribution in [0.5, 0.6) is 0 Å². The van der Waals surface area contributed by atoms with Crippen LogP contribution in [0.4, 0.5) is 15.9 Å². The predicted molar refractivity (Wildman–Crippen MR) is 144 cm³/mol. The maximum absolute atomic E-state index is 13.7. The summed E-state index contributed by atoms with van der Waals surface area (Å²) in [6, 6.07) is 8.18. The minimum absolute atomic E-state index is 0.0323. The van der Waals surface area contributed by atoms with Gasteiger partial charge in [-0.05, 0) is 66.9 Å². The molecular formula is C27H39FN4O3Si. The van der Waals surface area contributed by atoms with Crippen molar-refractivity contribution in [2.24, 2.45) is 5.92 Å². The Hall–Kier alpha value is -2.78. The average molecular weight is 515 g/mol. The highest BCUT2D eigenvalue weighted by Crippen LogP contribution is 2.40. The Morgan fingerprint density at radius 2 is 1.92 bits per heavy atom. The summed E-state index contributed by atoms with van der Waals surface area (Å²) in [7, 11) is -1.88. The molecule has 0 radical (unpaired) electrons. The summed E-state index contributed by atoms with van der Waals surface area (Å²) in [4.78, 5) is 31.4. The van der Waals surface area contributed by atoms with Gasteiger partial charge in [0.2, 0.25) is 5.91 Å². The number of hydrogen-bond acceptors (Lipinski definition) is 5. The number of halogens is 1. The molecule has 3 rings (SSSR count). The summed E-state index contributed by atoms with van der Waals surface area (Å²) in [5, 5.41) is 6.46. The third kappa shape index (κ3) is 6.12. The SMILES string of the molecule is CC(=O)N1CC(C)C(Nc2ccc(F)c(C)n2)c2cc(C(=O)NCCO[Si](C)(C)C(C)(C)C)ccc21. The Balaban J connectivity index is 1.81. The van der Waals surface area contributed by atoms with Gasteiger partial charge in [0.05, 0.1) is 18.3 Å². The number of carbonyl (C=O) groups excluding carboxylic acids is 2. The number of hydrogen-bond donors (Lipinski definition) is 2. The highest BCUT2D eigenvalue weighted by atomic mass is 28.4. The zero-order valence-corrected chi connectivity index (χ0v) is 23.7. The van der Waals surface area contributed by atoms with Crippen LogP contribution in [0, 0.1) is 18.7 Å². The number of rotatable bonds is 7. The number of fused-ring (bicyclic) bond motifs is 1. The largest absolute Gasteiger partial charge is 0.415 e. The van der Waals surface area contributed by atoms with Crippen molar-refractivity contribution in [3.05, 3.63) is 53.0 Å². The number of nitrogens with one attached hydrogen (secondary N) is 2. The number of aromatic nitrogens is 1. The quantitative estimate of drug-likeness (QED) is 0.380. The van der Waals surface area contributed by atoms with E-state index in [4.69, 9.17) is 4.43 Å². The van der Waals surface area contributed by atoms with Crippen molar-refractivity contribution < 1.29 is 18.4 Å². The fraction of sp³-hybridized carbons (Fsp3) is 0.519. The van der Waals surface area contributed by atoms with Crippen molar-refractivity contribution in [3.63, 3.8) is 0 Å². The first kappa shape index (κ1) is 27.8. The number of aryl methyl sites for hydroxylation is 1. The molecule has 36 heavy (non-hydrogen) atoms. The lowest BCUT2D eigenvalue weighted by Crippen LogP contribution is -2.43. The fourth-order valence-electron chi connectivity index (χ4n) is 4.08. The Morgan fingerprint density at radius 3 is 2.53 bits per heavy atom. The topological polar surface area (TPSA) is 83.6 Å². The van der Waals surface area contributed by atoms with Gasteiger partial charge in [0.15, 0.2) is 8.32 Å². The summed E-state index contributed by atoms with van der Waals surface area (Å²) in [6.07, 6.45) is 0. The molecule has 2 amide bonds. The molecule has 9 heteroatoms. The molecule has 0 fully saturated rings. The average Bonchev–Trinajstić information content (AvgIpc) is 2.79. The van der Waals surface area contributed by atoms with Gasteiger partial charge in [-0.25, -0.2) is 9.37 Å². The van der Waals surface area contributed by atoms with E-state index in [0.717, 1.165) is 11.3 Å². The standard InChI is InChI=1S/C27H39FN4O3Si/c1-17-16-32(19(3)33)23-11-9-20(26(34)29-13-14-35-36(7,8)27(4,5)6)15-21(23)25(17)31-24-12-10-22(28)18(2)30-24/h9-12,15,17,25H,13-14,16H2,1-8H3,(H,29,34)(H,30,31). The van der Waals surface area contributed by atoms with Crippen LogP contribution in [-0.4, -0.2) is 44.8 Å².